The summed E-state index contributed by atoms with van der Waals surface area (Å²) >= 11 is 0. The number of nitrogens with two attached hydrogens (primary N) is 2. The molecule has 2 rings (SSSR count). The minimum Gasteiger partial charge on any atom is -0.396 e. The van der Waals surface area contributed by atoms with Gasteiger partial charge in [-0.3, -0.25) is 0 Å². The summed E-state index contributed by atoms with van der Waals surface area (Å²) in [5, 5.41) is 5.19. The molecular weight excluding hydrogens is 262 g/mol. The second-order valence-corrected chi connectivity index (χ2v) is 6.94. The number of benzene rings is 1. The van der Waals surface area contributed by atoms with Crippen molar-refractivity contribution in [3.8, 4) is 0 Å². The fourth-order valence-corrected chi connectivity index (χ4v) is 3.48. The van der Waals surface area contributed by atoms with Crippen molar-refractivity contribution in [3.05, 3.63) is 18.2 Å². The SMILES string of the molecule is CC1CCN(c2cccc(S(N)(=O)=O)c2N)C(C)C1. The Bertz CT molecular complexity index is 571. The molecule has 1 heterocycles. The molecule has 4 N–H and O–H groups in total. The maximum Gasteiger partial charge on any atom is 0.240 e. The normalized spacial score (nSPS) is 24.5. The highest BCUT2D eigenvalue weighted by molar-refractivity contribution is 7.89. The van der Waals surface area contributed by atoms with Crippen molar-refractivity contribution < 1.29 is 8.42 Å². The summed E-state index contributed by atoms with van der Waals surface area (Å²) in [6.07, 6.45) is 2.17. The van der Waals surface area contributed by atoms with Crippen LogP contribution < -0.4 is 15.8 Å². The van der Waals surface area contributed by atoms with Crippen molar-refractivity contribution in [2.45, 2.75) is 37.6 Å². The molecule has 1 fully saturated rings. The van der Waals surface area contributed by atoms with Crippen LogP contribution in [-0.2, 0) is 10.0 Å². The molecule has 0 aromatic heterocycles. The molecule has 0 radical (unpaired) electrons. The summed E-state index contributed by atoms with van der Waals surface area (Å²) in [6.45, 7) is 5.26. The van der Waals surface area contributed by atoms with Gasteiger partial charge in [0, 0.05) is 12.6 Å². The van der Waals surface area contributed by atoms with Crippen LogP contribution in [0.5, 0.6) is 0 Å². The molecule has 1 aromatic rings. The maximum atomic E-state index is 11.5. The van der Waals surface area contributed by atoms with E-state index in [9.17, 15) is 8.42 Å². The third kappa shape index (κ3) is 2.84. The highest BCUT2D eigenvalue weighted by atomic mass is 32.2. The van der Waals surface area contributed by atoms with Gasteiger partial charge in [-0.1, -0.05) is 13.0 Å². The Hall–Kier alpha value is -1.27. The molecule has 19 heavy (non-hydrogen) atoms. The first-order chi connectivity index (χ1) is 8.80. The first-order valence-electron chi connectivity index (χ1n) is 6.48. The molecule has 0 amide bonds. The fourth-order valence-electron chi connectivity index (χ4n) is 2.80. The molecule has 1 aromatic carbocycles. The molecular formula is C13H21N3O2S. The molecule has 0 spiro atoms. The van der Waals surface area contributed by atoms with Gasteiger partial charge in [0.05, 0.1) is 11.4 Å². The zero-order chi connectivity index (χ0) is 14.2. The second-order valence-electron chi connectivity index (χ2n) is 5.41. The Morgan fingerprint density at radius 1 is 1.32 bits per heavy atom. The third-order valence-electron chi connectivity index (χ3n) is 3.80. The standard InChI is InChI=1S/C13H21N3O2S/c1-9-6-7-16(10(2)8-9)11-4-3-5-12(13(11)14)19(15,17)18/h3-5,9-10H,6-8,14H2,1-2H3,(H2,15,17,18). The van der Waals surface area contributed by atoms with Gasteiger partial charge in [0.25, 0.3) is 0 Å². The van der Waals surface area contributed by atoms with Crippen molar-refractivity contribution in [1.82, 2.24) is 0 Å². The van der Waals surface area contributed by atoms with Gasteiger partial charge in [-0.05, 0) is 37.8 Å². The van der Waals surface area contributed by atoms with E-state index in [1.54, 1.807) is 6.07 Å². The van der Waals surface area contributed by atoms with Crippen LogP contribution in [0.15, 0.2) is 23.1 Å². The largest absolute Gasteiger partial charge is 0.396 e. The molecule has 0 bridgehead atoms. The van der Waals surface area contributed by atoms with Gasteiger partial charge >= 0.3 is 0 Å². The van der Waals surface area contributed by atoms with E-state index in [0.29, 0.717) is 12.0 Å². The van der Waals surface area contributed by atoms with Crippen molar-refractivity contribution >= 4 is 21.4 Å². The van der Waals surface area contributed by atoms with Gasteiger partial charge in [0.1, 0.15) is 4.90 Å². The van der Waals surface area contributed by atoms with Crippen LogP contribution in [0.1, 0.15) is 26.7 Å². The van der Waals surface area contributed by atoms with Gasteiger partial charge in [0.15, 0.2) is 0 Å². The van der Waals surface area contributed by atoms with Crippen LogP contribution >= 0.6 is 0 Å². The number of hydrogen-bond donors (Lipinski definition) is 2. The number of sulfonamides is 1. The van der Waals surface area contributed by atoms with E-state index >= 15 is 0 Å². The highest BCUT2D eigenvalue weighted by Gasteiger charge is 2.26. The van der Waals surface area contributed by atoms with E-state index in [0.717, 1.165) is 25.1 Å². The zero-order valence-corrected chi connectivity index (χ0v) is 12.2. The predicted octanol–water partition coefficient (Wildman–Crippen LogP) is 1.54. The monoisotopic (exact) mass is 283 g/mol. The molecule has 1 aliphatic heterocycles. The summed E-state index contributed by atoms with van der Waals surface area (Å²) in [5.74, 6) is 0.689. The number of nitrogens with zero attached hydrogens (tertiary/aromatic N) is 1. The number of rotatable bonds is 2. The molecule has 0 aliphatic carbocycles. The third-order valence-corrected chi connectivity index (χ3v) is 4.77. The summed E-state index contributed by atoms with van der Waals surface area (Å²) in [4.78, 5) is 2.18. The first kappa shape index (κ1) is 14.1. The smallest absolute Gasteiger partial charge is 0.240 e. The number of piperidine rings is 1. The summed E-state index contributed by atoms with van der Waals surface area (Å²) in [5.41, 5.74) is 7.02. The van der Waals surface area contributed by atoms with Crippen molar-refractivity contribution in [1.29, 1.82) is 0 Å². The molecule has 1 saturated heterocycles. The Kier molecular flexibility index (Phi) is 3.73. The Labute approximate surface area is 114 Å². The lowest BCUT2D eigenvalue weighted by Gasteiger charge is -2.39. The molecule has 1 aliphatic rings. The van der Waals surface area contributed by atoms with E-state index in [1.165, 1.54) is 6.07 Å². The van der Waals surface area contributed by atoms with Gasteiger partial charge in [-0.2, -0.15) is 0 Å². The number of anilines is 2. The van der Waals surface area contributed by atoms with Crippen molar-refractivity contribution in [2.24, 2.45) is 11.1 Å². The van der Waals surface area contributed by atoms with Crippen LogP contribution in [0.25, 0.3) is 0 Å². The lowest BCUT2D eigenvalue weighted by atomic mass is 9.93. The number of para-hydroxylation sites is 1. The van der Waals surface area contributed by atoms with Crippen LogP contribution in [0.3, 0.4) is 0 Å². The highest BCUT2D eigenvalue weighted by Crippen LogP contribution is 2.34. The predicted molar refractivity (Wildman–Crippen MR) is 77.4 cm³/mol. The van der Waals surface area contributed by atoms with Crippen LogP contribution in [0, 0.1) is 5.92 Å². The van der Waals surface area contributed by atoms with E-state index in [4.69, 9.17) is 10.9 Å². The van der Waals surface area contributed by atoms with Gasteiger partial charge in [-0.25, -0.2) is 13.6 Å². The number of hydrogen-bond acceptors (Lipinski definition) is 4. The first-order valence-corrected chi connectivity index (χ1v) is 8.03. The van der Waals surface area contributed by atoms with Crippen LogP contribution in [0.4, 0.5) is 11.4 Å². The van der Waals surface area contributed by atoms with Crippen molar-refractivity contribution in [3.63, 3.8) is 0 Å². The minimum absolute atomic E-state index is 0.0100. The van der Waals surface area contributed by atoms with Crippen LogP contribution in [-0.4, -0.2) is 21.0 Å². The van der Waals surface area contributed by atoms with E-state index < -0.39 is 10.0 Å². The van der Waals surface area contributed by atoms with Gasteiger partial charge < -0.3 is 10.6 Å². The average molecular weight is 283 g/mol. The topological polar surface area (TPSA) is 89.4 Å². The van der Waals surface area contributed by atoms with Gasteiger partial charge in [0.2, 0.25) is 10.0 Å². The molecule has 2 atom stereocenters. The Morgan fingerprint density at radius 3 is 2.58 bits per heavy atom. The maximum absolute atomic E-state index is 11.5. The molecule has 106 valence electrons. The summed E-state index contributed by atoms with van der Waals surface area (Å²) in [7, 11) is -3.77. The summed E-state index contributed by atoms with van der Waals surface area (Å²) in [6, 6.07) is 5.35. The fraction of sp³-hybridized carbons (Fsp3) is 0.538. The average Bonchev–Trinajstić information content (AvgIpc) is 2.28. The quantitative estimate of drug-likeness (QED) is 0.806. The lowest BCUT2D eigenvalue weighted by molar-refractivity contribution is 0.378. The van der Waals surface area contributed by atoms with E-state index in [1.807, 2.05) is 6.07 Å². The molecule has 5 nitrogen and oxygen atoms in total. The zero-order valence-electron chi connectivity index (χ0n) is 11.3. The number of nitrogen functional groups attached to an aromatic ring is 1. The Morgan fingerprint density at radius 2 is 2.00 bits per heavy atom. The second kappa shape index (κ2) is 5.02. The van der Waals surface area contributed by atoms with Crippen molar-refractivity contribution in [2.75, 3.05) is 17.2 Å². The van der Waals surface area contributed by atoms with E-state index in [-0.39, 0.29) is 10.6 Å². The minimum atomic E-state index is -3.77. The van der Waals surface area contributed by atoms with E-state index in [2.05, 4.69) is 18.7 Å². The van der Waals surface area contributed by atoms with Crippen LogP contribution in [0.2, 0.25) is 0 Å². The molecule has 0 saturated carbocycles. The molecule has 6 heteroatoms. The molecule has 2 unspecified atom stereocenters. The Balaban J connectivity index is 2.41. The number of primary sulfonamides is 1. The lowest BCUT2D eigenvalue weighted by Crippen LogP contribution is -2.40. The van der Waals surface area contributed by atoms with Gasteiger partial charge in [-0.15, -0.1) is 0 Å². The summed E-state index contributed by atoms with van der Waals surface area (Å²) < 4.78 is 23.0.